The van der Waals surface area contributed by atoms with E-state index in [1.165, 1.54) is 0 Å². The maximum absolute atomic E-state index is 12.3. The Labute approximate surface area is 108 Å². The molecule has 0 saturated carbocycles. The summed E-state index contributed by atoms with van der Waals surface area (Å²) in [7, 11) is 0. The fourth-order valence-electron chi connectivity index (χ4n) is 1.27. The van der Waals surface area contributed by atoms with Crippen molar-refractivity contribution >= 4 is 17.7 Å². The molecular formula is C12H13F3O2S. The Morgan fingerprint density at radius 1 is 1.33 bits per heavy atom. The summed E-state index contributed by atoms with van der Waals surface area (Å²) in [5.74, 6) is -0.334. The highest BCUT2D eigenvalue weighted by atomic mass is 32.2. The molecule has 6 heteroatoms. The predicted octanol–water partition coefficient (Wildman–Crippen LogP) is 3.76. The standard InChI is InChI=1S/C12H13F3O2S/c1-9(16)17-11(7-12(13,14)15)18-8-10-5-3-2-4-6-10/h2-6,11H,7-8H2,1H3. The van der Waals surface area contributed by atoms with Crippen LogP contribution in [0.4, 0.5) is 13.2 Å². The molecule has 2 nitrogen and oxygen atoms in total. The van der Waals surface area contributed by atoms with Crippen LogP contribution in [0, 0.1) is 0 Å². The number of carbonyl (C=O) groups is 1. The third kappa shape index (κ3) is 6.54. The first-order valence-electron chi connectivity index (χ1n) is 5.26. The van der Waals surface area contributed by atoms with Crippen molar-refractivity contribution in [2.24, 2.45) is 0 Å². The molecule has 0 heterocycles. The topological polar surface area (TPSA) is 26.3 Å². The van der Waals surface area contributed by atoms with E-state index >= 15 is 0 Å². The summed E-state index contributed by atoms with van der Waals surface area (Å²) in [4.78, 5) is 10.7. The van der Waals surface area contributed by atoms with Crippen LogP contribution in [0.1, 0.15) is 18.9 Å². The zero-order valence-electron chi connectivity index (χ0n) is 9.74. The molecule has 0 N–H and O–H groups in total. The van der Waals surface area contributed by atoms with Gasteiger partial charge in [-0.2, -0.15) is 13.2 Å². The first kappa shape index (κ1) is 14.9. The van der Waals surface area contributed by atoms with E-state index in [0.717, 1.165) is 24.2 Å². The van der Waals surface area contributed by atoms with E-state index < -0.39 is 24.0 Å². The number of carbonyl (C=O) groups excluding carboxylic acids is 1. The van der Waals surface area contributed by atoms with Crippen LogP contribution in [-0.2, 0) is 15.3 Å². The van der Waals surface area contributed by atoms with Gasteiger partial charge < -0.3 is 4.74 Å². The van der Waals surface area contributed by atoms with Gasteiger partial charge in [-0.1, -0.05) is 30.3 Å². The van der Waals surface area contributed by atoms with Crippen LogP contribution in [0.3, 0.4) is 0 Å². The summed E-state index contributed by atoms with van der Waals surface area (Å²) in [6.07, 6.45) is -5.48. The smallest absolute Gasteiger partial charge is 0.393 e. The molecule has 100 valence electrons. The van der Waals surface area contributed by atoms with Crippen molar-refractivity contribution in [1.82, 2.24) is 0 Å². The molecule has 0 aliphatic heterocycles. The number of thioether (sulfide) groups is 1. The highest BCUT2D eigenvalue weighted by Gasteiger charge is 2.33. The molecule has 1 rings (SSSR count). The molecule has 1 atom stereocenters. The Morgan fingerprint density at radius 3 is 2.44 bits per heavy atom. The molecule has 0 amide bonds. The number of esters is 1. The summed E-state index contributed by atoms with van der Waals surface area (Å²) < 4.78 is 41.5. The van der Waals surface area contributed by atoms with Gasteiger partial charge in [0.2, 0.25) is 0 Å². The van der Waals surface area contributed by atoms with Gasteiger partial charge in [0.15, 0.2) is 5.44 Å². The summed E-state index contributed by atoms with van der Waals surface area (Å²) in [5.41, 5.74) is -0.301. The lowest BCUT2D eigenvalue weighted by Crippen LogP contribution is -2.21. The van der Waals surface area contributed by atoms with Crippen molar-refractivity contribution in [3.05, 3.63) is 35.9 Å². The van der Waals surface area contributed by atoms with Gasteiger partial charge in [-0.3, -0.25) is 4.79 Å². The predicted molar refractivity (Wildman–Crippen MR) is 64.0 cm³/mol. The lowest BCUT2D eigenvalue weighted by molar-refractivity contribution is -0.161. The lowest BCUT2D eigenvalue weighted by atomic mass is 10.2. The molecule has 0 radical (unpaired) electrons. The van der Waals surface area contributed by atoms with Crippen LogP contribution in [-0.4, -0.2) is 17.6 Å². The monoisotopic (exact) mass is 278 g/mol. The van der Waals surface area contributed by atoms with E-state index in [1.54, 1.807) is 12.1 Å². The maximum Gasteiger partial charge on any atom is 0.393 e. The molecule has 1 unspecified atom stereocenters. The maximum atomic E-state index is 12.3. The first-order valence-corrected chi connectivity index (χ1v) is 6.31. The number of halogens is 3. The Kier molecular flexibility index (Phi) is 5.53. The Morgan fingerprint density at radius 2 is 1.94 bits per heavy atom. The third-order valence-corrected chi connectivity index (χ3v) is 3.11. The molecule has 1 aromatic rings. The second-order valence-electron chi connectivity index (χ2n) is 3.65. The fourth-order valence-corrected chi connectivity index (χ4v) is 2.35. The van der Waals surface area contributed by atoms with Gasteiger partial charge in [0.25, 0.3) is 0 Å². The summed E-state index contributed by atoms with van der Waals surface area (Å²) in [6.45, 7) is 1.10. The highest BCUT2D eigenvalue weighted by Crippen LogP contribution is 2.30. The first-order chi connectivity index (χ1) is 8.37. The van der Waals surface area contributed by atoms with Crippen molar-refractivity contribution in [1.29, 1.82) is 0 Å². The second-order valence-corrected chi connectivity index (χ2v) is 4.80. The largest absolute Gasteiger partial charge is 0.451 e. The number of hydrogen-bond donors (Lipinski definition) is 0. The van der Waals surface area contributed by atoms with Crippen molar-refractivity contribution in [3.63, 3.8) is 0 Å². The normalized spacial score (nSPS) is 13.1. The van der Waals surface area contributed by atoms with Gasteiger partial charge in [-0.05, 0) is 5.56 Å². The van der Waals surface area contributed by atoms with E-state index in [4.69, 9.17) is 0 Å². The van der Waals surface area contributed by atoms with E-state index in [-0.39, 0.29) is 0 Å². The number of benzene rings is 1. The summed E-state index contributed by atoms with van der Waals surface area (Å²) in [5, 5.41) is 0. The number of hydrogen-bond acceptors (Lipinski definition) is 3. The SMILES string of the molecule is CC(=O)OC(CC(F)(F)F)SCc1ccccc1. The van der Waals surface area contributed by atoms with Crippen LogP contribution in [0.2, 0.25) is 0 Å². The minimum absolute atomic E-state index is 0.370. The molecule has 0 aliphatic carbocycles. The number of rotatable bonds is 5. The molecule has 0 saturated heterocycles. The minimum Gasteiger partial charge on any atom is -0.451 e. The summed E-state index contributed by atoms with van der Waals surface area (Å²) >= 11 is 0.967. The Bertz CT molecular complexity index is 379. The van der Waals surface area contributed by atoms with Crippen LogP contribution in [0.15, 0.2) is 30.3 Å². The fraction of sp³-hybridized carbons (Fsp3) is 0.417. The van der Waals surface area contributed by atoms with Gasteiger partial charge in [-0.25, -0.2) is 0 Å². The molecule has 0 spiro atoms. The van der Waals surface area contributed by atoms with Gasteiger partial charge in [0.1, 0.15) is 0 Å². The van der Waals surface area contributed by atoms with E-state index in [0.29, 0.717) is 5.75 Å². The molecular weight excluding hydrogens is 265 g/mol. The molecule has 0 fully saturated rings. The van der Waals surface area contributed by atoms with E-state index in [1.807, 2.05) is 18.2 Å². The van der Waals surface area contributed by atoms with Crippen LogP contribution >= 0.6 is 11.8 Å². The minimum atomic E-state index is -4.34. The molecule has 0 aliphatic rings. The molecule has 0 bridgehead atoms. The van der Waals surface area contributed by atoms with Crippen LogP contribution in [0.5, 0.6) is 0 Å². The third-order valence-electron chi connectivity index (χ3n) is 1.97. The quantitative estimate of drug-likeness (QED) is 0.606. The van der Waals surface area contributed by atoms with Crippen LogP contribution < -0.4 is 0 Å². The average molecular weight is 278 g/mol. The Hall–Kier alpha value is -1.17. The number of ether oxygens (including phenoxy) is 1. The van der Waals surface area contributed by atoms with E-state index in [9.17, 15) is 18.0 Å². The Balaban J connectivity index is 2.53. The highest BCUT2D eigenvalue weighted by molar-refractivity contribution is 7.99. The molecule has 1 aromatic carbocycles. The molecule has 0 aromatic heterocycles. The zero-order valence-corrected chi connectivity index (χ0v) is 10.6. The van der Waals surface area contributed by atoms with Gasteiger partial charge in [-0.15, -0.1) is 11.8 Å². The van der Waals surface area contributed by atoms with Gasteiger partial charge >= 0.3 is 12.1 Å². The van der Waals surface area contributed by atoms with Gasteiger partial charge in [0.05, 0.1) is 6.42 Å². The van der Waals surface area contributed by atoms with Crippen molar-refractivity contribution in [3.8, 4) is 0 Å². The molecule has 18 heavy (non-hydrogen) atoms. The van der Waals surface area contributed by atoms with Crippen molar-refractivity contribution < 1.29 is 22.7 Å². The van der Waals surface area contributed by atoms with Crippen molar-refractivity contribution in [2.75, 3.05) is 0 Å². The number of alkyl halides is 3. The van der Waals surface area contributed by atoms with Crippen LogP contribution in [0.25, 0.3) is 0 Å². The van der Waals surface area contributed by atoms with E-state index in [2.05, 4.69) is 4.74 Å². The van der Waals surface area contributed by atoms with Gasteiger partial charge in [0, 0.05) is 12.7 Å². The average Bonchev–Trinajstić information content (AvgIpc) is 2.24. The van der Waals surface area contributed by atoms with Crippen molar-refractivity contribution in [2.45, 2.75) is 30.7 Å². The summed E-state index contributed by atoms with van der Waals surface area (Å²) in [6, 6.07) is 9.06. The second kappa shape index (κ2) is 6.68. The lowest BCUT2D eigenvalue weighted by Gasteiger charge is -2.18. The zero-order chi connectivity index (χ0) is 13.6.